The molecule has 1 amide bonds. The topological polar surface area (TPSA) is 58.6 Å². The fourth-order valence-corrected chi connectivity index (χ4v) is 2.74. The number of nitrogens with zero attached hydrogens (tertiary/aromatic N) is 1. The van der Waals surface area contributed by atoms with E-state index in [2.05, 4.69) is 10.1 Å². The van der Waals surface area contributed by atoms with Crippen molar-refractivity contribution in [2.24, 2.45) is 0 Å². The summed E-state index contributed by atoms with van der Waals surface area (Å²) in [5.41, 5.74) is -0.184. The standard InChI is InChI=1S/C16H20F2N2O3/c1-23-16(22)9-12-4-2-3-7-20(12)10-15(21)19-14-8-11(17)5-6-13(14)18/h5-6,8,12H,2-4,7,9-10H2,1H3,(H,19,21)/t12-/m0/s1. The van der Waals surface area contributed by atoms with Crippen molar-refractivity contribution in [1.29, 1.82) is 0 Å². The molecule has 5 nitrogen and oxygen atoms in total. The molecule has 0 saturated carbocycles. The quantitative estimate of drug-likeness (QED) is 0.844. The van der Waals surface area contributed by atoms with Crippen molar-refractivity contribution in [3.63, 3.8) is 0 Å². The molecule has 1 heterocycles. The zero-order chi connectivity index (χ0) is 16.8. The highest BCUT2D eigenvalue weighted by molar-refractivity contribution is 5.92. The first-order chi connectivity index (χ1) is 11.0. The number of anilines is 1. The van der Waals surface area contributed by atoms with E-state index in [1.54, 1.807) is 0 Å². The highest BCUT2D eigenvalue weighted by atomic mass is 19.1. The number of nitrogens with one attached hydrogen (secondary N) is 1. The maximum absolute atomic E-state index is 13.5. The van der Waals surface area contributed by atoms with Crippen molar-refractivity contribution < 1.29 is 23.1 Å². The Morgan fingerprint density at radius 2 is 2.13 bits per heavy atom. The molecule has 1 fully saturated rings. The third-order valence-corrected chi connectivity index (χ3v) is 3.93. The number of amides is 1. The van der Waals surface area contributed by atoms with E-state index < -0.39 is 17.5 Å². The van der Waals surface area contributed by atoms with Crippen molar-refractivity contribution in [3.05, 3.63) is 29.8 Å². The number of esters is 1. The van der Waals surface area contributed by atoms with Crippen LogP contribution in [0.1, 0.15) is 25.7 Å². The zero-order valence-corrected chi connectivity index (χ0v) is 13.0. The molecule has 1 aromatic carbocycles. The Labute approximate surface area is 133 Å². The molecule has 0 aromatic heterocycles. The van der Waals surface area contributed by atoms with Gasteiger partial charge in [0.1, 0.15) is 11.6 Å². The van der Waals surface area contributed by atoms with Gasteiger partial charge in [0.05, 0.1) is 25.8 Å². The number of carbonyl (C=O) groups excluding carboxylic acids is 2. The van der Waals surface area contributed by atoms with Crippen LogP contribution in [0.15, 0.2) is 18.2 Å². The fourth-order valence-electron chi connectivity index (χ4n) is 2.74. The predicted octanol–water partition coefficient (Wildman–Crippen LogP) is 2.32. The van der Waals surface area contributed by atoms with Gasteiger partial charge in [-0.2, -0.15) is 0 Å². The van der Waals surface area contributed by atoms with Crippen molar-refractivity contribution in [3.8, 4) is 0 Å². The molecule has 1 aliphatic heterocycles. The smallest absolute Gasteiger partial charge is 0.307 e. The van der Waals surface area contributed by atoms with Crippen LogP contribution >= 0.6 is 0 Å². The fraction of sp³-hybridized carbons (Fsp3) is 0.500. The molecule has 1 aromatic rings. The van der Waals surface area contributed by atoms with E-state index in [1.807, 2.05) is 4.90 Å². The lowest BCUT2D eigenvalue weighted by atomic mass is 9.99. The summed E-state index contributed by atoms with van der Waals surface area (Å²) in [5, 5.41) is 2.37. The third kappa shape index (κ3) is 4.99. The molecule has 0 aliphatic carbocycles. The van der Waals surface area contributed by atoms with Gasteiger partial charge in [0.15, 0.2) is 0 Å². The van der Waals surface area contributed by atoms with Crippen molar-refractivity contribution in [2.45, 2.75) is 31.7 Å². The number of methoxy groups -OCH3 is 1. The molecule has 0 bridgehead atoms. The zero-order valence-electron chi connectivity index (χ0n) is 13.0. The Bertz CT molecular complexity index is 580. The van der Waals surface area contributed by atoms with Gasteiger partial charge >= 0.3 is 5.97 Å². The van der Waals surface area contributed by atoms with Gasteiger partial charge in [-0.25, -0.2) is 8.78 Å². The third-order valence-electron chi connectivity index (χ3n) is 3.93. The van der Waals surface area contributed by atoms with Crippen LogP contribution in [-0.2, 0) is 14.3 Å². The molecular weight excluding hydrogens is 306 g/mol. The normalized spacial score (nSPS) is 18.5. The number of ether oxygens (including phenoxy) is 1. The average Bonchev–Trinajstić information content (AvgIpc) is 2.52. The highest BCUT2D eigenvalue weighted by Crippen LogP contribution is 2.20. The van der Waals surface area contributed by atoms with Gasteiger partial charge in [-0.1, -0.05) is 6.42 Å². The summed E-state index contributed by atoms with van der Waals surface area (Å²) in [4.78, 5) is 25.4. The van der Waals surface area contributed by atoms with Crippen molar-refractivity contribution in [2.75, 3.05) is 25.5 Å². The van der Waals surface area contributed by atoms with Gasteiger partial charge in [0.2, 0.25) is 5.91 Å². The van der Waals surface area contributed by atoms with E-state index >= 15 is 0 Å². The second kappa shape index (κ2) is 8.01. The Morgan fingerprint density at radius 1 is 1.35 bits per heavy atom. The summed E-state index contributed by atoms with van der Waals surface area (Å²) in [5.74, 6) is -2.07. The number of hydrogen-bond donors (Lipinski definition) is 1. The number of benzene rings is 1. The molecule has 1 atom stereocenters. The van der Waals surface area contributed by atoms with E-state index in [0.29, 0.717) is 6.54 Å². The molecule has 126 valence electrons. The van der Waals surface area contributed by atoms with Crippen molar-refractivity contribution in [1.82, 2.24) is 4.90 Å². The van der Waals surface area contributed by atoms with Crippen LogP contribution in [0.25, 0.3) is 0 Å². The monoisotopic (exact) mass is 326 g/mol. The van der Waals surface area contributed by atoms with E-state index in [0.717, 1.165) is 37.5 Å². The maximum Gasteiger partial charge on any atom is 0.307 e. The second-order valence-electron chi connectivity index (χ2n) is 5.57. The van der Waals surface area contributed by atoms with Crippen LogP contribution in [0, 0.1) is 11.6 Å². The first kappa shape index (κ1) is 17.3. The molecule has 23 heavy (non-hydrogen) atoms. The predicted molar refractivity (Wildman–Crippen MR) is 80.8 cm³/mol. The summed E-state index contributed by atoms with van der Waals surface area (Å²) >= 11 is 0. The number of hydrogen-bond acceptors (Lipinski definition) is 4. The van der Waals surface area contributed by atoms with Gasteiger partial charge in [-0.05, 0) is 31.5 Å². The van der Waals surface area contributed by atoms with Crippen LogP contribution in [-0.4, -0.2) is 43.0 Å². The summed E-state index contributed by atoms with van der Waals surface area (Å²) < 4.78 is 31.3. The van der Waals surface area contributed by atoms with Crippen LogP contribution < -0.4 is 5.32 Å². The van der Waals surface area contributed by atoms with E-state index in [1.165, 1.54) is 7.11 Å². The lowest BCUT2D eigenvalue weighted by molar-refractivity contribution is -0.142. The molecule has 1 saturated heterocycles. The summed E-state index contributed by atoms with van der Waals surface area (Å²) in [6.07, 6.45) is 2.94. The number of rotatable bonds is 5. The van der Waals surface area contributed by atoms with Gasteiger partial charge in [-0.3, -0.25) is 14.5 Å². The largest absolute Gasteiger partial charge is 0.469 e. The maximum atomic E-state index is 13.5. The number of halogens is 2. The Hall–Kier alpha value is -2.02. The molecule has 1 N–H and O–H groups in total. The molecule has 0 spiro atoms. The Morgan fingerprint density at radius 3 is 2.87 bits per heavy atom. The van der Waals surface area contributed by atoms with Crippen LogP contribution in [0.4, 0.5) is 14.5 Å². The molecule has 0 unspecified atom stereocenters. The summed E-state index contributed by atoms with van der Waals surface area (Å²) in [6.45, 7) is 0.707. The van der Waals surface area contributed by atoms with Crippen LogP contribution in [0.3, 0.4) is 0 Å². The minimum atomic E-state index is -0.690. The molecule has 1 aliphatic rings. The summed E-state index contributed by atoms with van der Waals surface area (Å²) in [6, 6.07) is 2.82. The molecular formula is C16H20F2N2O3. The Balaban J connectivity index is 1.96. The average molecular weight is 326 g/mol. The summed E-state index contributed by atoms with van der Waals surface area (Å²) in [7, 11) is 1.33. The lowest BCUT2D eigenvalue weighted by Crippen LogP contribution is -2.45. The lowest BCUT2D eigenvalue weighted by Gasteiger charge is -2.34. The minimum Gasteiger partial charge on any atom is -0.469 e. The van der Waals surface area contributed by atoms with E-state index in [4.69, 9.17) is 0 Å². The Kier molecular flexibility index (Phi) is 6.04. The first-order valence-corrected chi connectivity index (χ1v) is 7.55. The van der Waals surface area contributed by atoms with Crippen LogP contribution in [0.5, 0.6) is 0 Å². The number of carbonyl (C=O) groups is 2. The van der Waals surface area contributed by atoms with Gasteiger partial charge < -0.3 is 10.1 Å². The van der Waals surface area contributed by atoms with Crippen LogP contribution in [0.2, 0.25) is 0 Å². The SMILES string of the molecule is COC(=O)C[C@@H]1CCCCN1CC(=O)Nc1cc(F)ccc1F. The first-order valence-electron chi connectivity index (χ1n) is 7.55. The molecule has 7 heteroatoms. The molecule has 0 radical (unpaired) electrons. The minimum absolute atomic E-state index is 0.0254. The van der Waals surface area contributed by atoms with Gasteiger partial charge in [0.25, 0.3) is 0 Å². The van der Waals surface area contributed by atoms with Crippen molar-refractivity contribution >= 4 is 17.6 Å². The van der Waals surface area contributed by atoms with E-state index in [-0.39, 0.29) is 30.7 Å². The van der Waals surface area contributed by atoms with Gasteiger partial charge in [0, 0.05) is 12.1 Å². The molecule has 2 rings (SSSR count). The number of likely N-dealkylation sites (tertiary alicyclic amines) is 1. The highest BCUT2D eigenvalue weighted by Gasteiger charge is 2.26. The second-order valence-corrected chi connectivity index (χ2v) is 5.57. The number of piperidine rings is 1. The van der Waals surface area contributed by atoms with Gasteiger partial charge in [-0.15, -0.1) is 0 Å². The van der Waals surface area contributed by atoms with E-state index in [9.17, 15) is 18.4 Å².